The molecule has 0 aliphatic carbocycles. The molecule has 1 heterocycles. The first-order valence-corrected chi connectivity index (χ1v) is 9.76. The molecular formula is C14H15AsN2O7. The van der Waals surface area contributed by atoms with Gasteiger partial charge in [-0.05, 0) is 12.1 Å². The molecule has 0 bridgehead atoms. The average Bonchev–Trinajstić information content (AvgIpc) is 2.56. The number of carbonyl (C=O) groups is 2. The number of carboxylic acid groups (broad SMARTS) is 1. The van der Waals surface area contributed by atoms with E-state index in [1.54, 1.807) is 18.2 Å². The van der Waals surface area contributed by atoms with Crippen molar-refractivity contribution in [2.75, 3.05) is 5.32 Å². The monoisotopic (exact) mass is 398 g/mol. The van der Waals surface area contributed by atoms with Gasteiger partial charge in [-0.25, -0.2) is 9.78 Å². The van der Waals surface area contributed by atoms with Crippen molar-refractivity contribution in [2.24, 2.45) is 0 Å². The standard InChI is InChI=1S/C8H10AsNO5.C6H5NO2/c1-6(11)10-8-5-3-2-4-7(8)9(12,13)15-14;8-6(9)5-3-1-2-4-7-5/h2-5,14H,1H3,(H,10,11)(H,12,13);1-4H,(H,8,9). The van der Waals surface area contributed by atoms with Crippen LogP contribution in [0.2, 0.25) is 0 Å². The van der Waals surface area contributed by atoms with Crippen LogP contribution in [0, 0.1) is 0 Å². The fourth-order valence-corrected chi connectivity index (χ4v) is 3.22. The predicted molar refractivity (Wildman–Crippen MR) is 83.9 cm³/mol. The summed E-state index contributed by atoms with van der Waals surface area (Å²) in [7, 11) is 0. The molecule has 0 radical (unpaired) electrons. The van der Waals surface area contributed by atoms with Crippen molar-refractivity contribution in [1.29, 1.82) is 0 Å². The first kappa shape index (κ1) is 19.6. The Kier molecular flexibility index (Phi) is 7.34. The molecule has 1 aromatic carbocycles. The van der Waals surface area contributed by atoms with Crippen LogP contribution in [0.3, 0.4) is 0 Å². The van der Waals surface area contributed by atoms with Gasteiger partial charge in [-0.3, -0.25) is 0 Å². The van der Waals surface area contributed by atoms with Crippen molar-refractivity contribution in [2.45, 2.75) is 6.92 Å². The number of amides is 1. The minimum Gasteiger partial charge on any atom is -0.477 e. The van der Waals surface area contributed by atoms with Gasteiger partial charge in [-0.15, -0.1) is 0 Å². The zero-order valence-corrected chi connectivity index (χ0v) is 14.4. The number of aromatic carboxylic acids is 1. The van der Waals surface area contributed by atoms with Crippen LogP contribution in [0.1, 0.15) is 17.4 Å². The molecule has 0 saturated heterocycles. The molecule has 1 amide bonds. The topological polar surface area (TPSA) is 146 Å². The van der Waals surface area contributed by atoms with E-state index in [9.17, 15) is 17.4 Å². The zero-order chi connectivity index (χ0) is 18.2. The van der Waals surface area contributed by atoms with Crippen LogP contribution >= 0.6 is 0 Å². The van der Waals surface area contributed by atoms with Gasteiger partial charge in [0.15, 0.2) is 0 Å². The van der Waals surface area contributed by atoms with E-state index >= 15 is 0 Å². The molecule has 24 heavy (non-hydrogen) atoms. The van der Waals surface area contributed by atoms with Crippen LogP contribution in [0.5, 0.6) is 0 Å². The van der Waals surface area contributed by atoms with Crippen LogP contribution in [-0.4, -0.2) is 45.5 Å². The molecule has 2 rings (SSSR count). The average molecular weight is 398 g/mol. The van der Waals surface area contributed by atoms with E-state index in [4.69, 9.17) is 10.4 Å². The molecule has 4 N–H and O–H groups in total. The number of nitrogens with zero attached hydrogens (tertiary/aromatic N) is 1. The van der Waals surface area contributed by atoms with Gasteiger partial charge >= 0.3 is 94.4 Å². The number of anilines is 1. The van der Waals surface area contributed by atoms with E-state index in [1.165, 1.54) is 37.4 Å². The van der Waals surface area contributed by atoms with Crippen LogP contribution in [0.4, 0.5) is 5.69 Å². The molecule has 1 aromatic heterocycles. The minimum absolute atomic E-state index is 0.0810. The van der Waals surface area contributed by atoms with Gasteiger partial charge in [-0.2, -0.15) is 0 Å². The van der Waals surface area contributed by atoms with E-state index in [1.807, 2.05) is 0 Å². The summed E-state index contributed by atoms with van der Waals surface area (Å²) in [5, 5.41) is 19.0. The first-order chi connectivity index (χ1) is 11.3. The maximum atomic E-state index is 11.4. The fraction of sp³-hybridized carbons (Fsp3) is 0.0714. The number of benzene rings is 1. The Bertz CT molecular complexity index is 752. The normalized spacial score (nSPS) is 12.3. The smallest absolute Gasteiger partial charge is 0.354 e. The van der Waals surface area contributed by atoms with Gasteiger partial charge in [0.2, 0.25) is 0 Å². The third-order valence-electron chi connectivity index (χ3n) is 2.51. The second-order valence-corrected chi connectivity index (χ2v) is 7.86. The van der Waals surface area contributed by atoms with Crippen LogP contribution < -0.4 is 9.67 Å². The third kappa shape index (κ3) is 5.98. The van der Waals surface area contributed by atoms with Crippen molar-refractivity contribution in [3.63, 3.8) is 0 Å². The molecule has 0 aliphatic heterocycles. The molecular weight excluding hydrogens is 383 g/mol. The van der Waals surface area contributed by atoms with E-state index in [-0.39, 0.29) is 21.6 Å². The van der Waals surface area contributed by atoms with E-state index in [0.29, 0.717) is 0 Å². The van der Waals surface area contributed by atoms with Gasteiger partial charge in [0.25, 0.3) is 0 Å². The van der Waals surface area contributed by atoms with Gasteiger partial charge < -0.3 is 5.11 Å². The number of rotatable bonds is 4. The Hall–Kier alpha value is -2.45. The third-order valence-corrected chi connectivity index (χ3v) is 5.07. The number of carbonyl (C=O) groups excluding carboxylic acids is 1. The summed E-state index contributed by atoms with van der Waals surface area (Å²) in [6.45, 7) is 1.27. The van der Waals surface area contributed by atoms with Gasteiger partial charge in [-0.1, -0.05) is 6.07 Å². The molecule has 1 unspecified atom stereocenters. The van der Waals surface area contributed by atoms with E-state index in [2.05, 4.69) is 14.2 Å². The van der Waals surface area contributed by atoms with E-state index < -0.39 is 20.1 Å². The number of hydrogen-bond acceptors (Lipinski definition) is 6. The molecule has 0 saturated carbocycles. The minimum atomic E-state index is -4.92. The van der Waals surface area contributed by atoms with Crippen molar-refractivity contribution in [1.82, 2.24) is 4.98 Å². The summed E-state index contributed by atoms with van der Waals surface area (Å²) in [5.41, 5.74) is 0.238. The molecule has 0 fully saturated rings. The van der Waals surface area contributed by atoms with Crippen LogP contribution in [0.25, 0.3) is 0 Å². The Morgan fingerprint density at radius 1 is 1.17 bits per heavy atom. The largest absolute Gasteiger partial charge is 0.477 e. The summed E-state index contributed by atoms with van der Waals surface area (Å²) in [4.78, 5) is 24.5. The van der Waals surface area contributed by atoms with Gasteiger partial charge in [0.1, 0.15) is 5.69 Å². The first-order valence-electron chi connectivity index (χ1n) is 6.45. The number of carboxylic acids is 1. The Balaban J connectivity index is 0.000000272. The fourth-order valence-electron chi connectivity index (χ4n) is 1.55. The Morgan fingerprint density at radius 3 is 2.25 bits per heavy atom. The SMILES string of the molecule is CC(=O)Nc1ccccc1[As](=O)(O)OO.O=C(O)c1ccccn1. The Labute approximate surface area is 139 Å². The van der Waals surface area contributed by atoms with Crippen molar-refractivity contribution < 1.29 is 31.7 Å². The number of hydrogen-bond donors (Lipinski definition) is 4. The quantitative estimate of drug-likeness (QED) is 0.331. The maximum absolute atomic E-state index is 11.4. The number of aromatic nitrogens is 1. The second-order valence-electron chi connectivity index (χ2n) is 4.32. The second kappa shape index (κ2) is 8.99. The Morgan fingerprint density at radius 2 is 1.79 bits per heavy atom. The number of para-hydroxylation sites is 1. The van der Waals surface area contributed by atoms with Crippen molar-refractivity contribution >= 4 is 36.1 Å². The van der Waals surface area contributed by atoms with Crippen LogP contribution in [0.15, 0.2) is 48.7 Å². The summed E-state index contributed by atoms with van der Waals surface area (Å²) in [6, 6.07) is 10.6. The van der Waals surface area contributed by atoms with Crippen molar-refractivity contribution in [3.05, 3.63) is 54.4 Å². The summed E-state index contributed by atoms with van der Waals surface area (Å²) in [5.74, 6) is -1.37. The summed E-state index contributed by atoms with van der Waals surface area (Å²) >= 11 is -4.92. The number of pyridine rings is 1. The molecule has 1 atom stereocenters. The molecule has 2 aromatic rings. The van der Waals surface area contributed by atoms with Gasteiger partial charge in [0, 0.05) is 6.20 Å². The molecule has 10 heteroatoms. The predicted octanol–water partition coefficient (Wildman–Crippen LogP) is 0.483. The van der Waals surface area contributed by atoms with Crippen LogP contribution in [-0.2, 0) is 12.4 Å². The van der Waals surface area contributed by atoms with Crippen molar-refractivity contribution in [3.8, 4) is 0 Å². The number of nitrogens with one attached hydrogen (secondary N) is 1. The molecule has 9 nitrogen and oxygen atoms in total. The zero-order valence-electron chi connectivity index (χ0n) is 12.5. The van der Waals surface area contributed by atoms with E-state index in [0.717, 1.165) is 0 Å². The molecule has 128 valence electrons. The molecule has 0 spiro atoms. The van der Waals surface area contributed by atoms with Gasteiger partial charge in [0.05, 0.1) is 0 Å². The molecule has 0 aliphatic rings. The summed E-state index contributed by atoms with van der Waals surface area (Å²) in [6.07, 6.45) is 1.45. The maximum Gasteiger partial charge on any atom is 0.354 e. The summed E-state index contributed by atoms with van der Waals surface area (Å²) < 4.78 is 24.1.